The summed E-state index contributed by atoms with van der Waals surface area (Å²) in [5.74, 6) is 0.747. The molecule has 0 spiro atoms. The van der Waals surface area contributed by atoms with Gasteiger partial charge in [-0.05, 0) is 31.4 Å². The molecule has 0 aromatic heterocycles. The first kappa shape index (κ1) is 21.7. The molecule has 0 fully saturated rings. The first-order valence-corrected chi connectivity index (χ1v) is 10.8. The Kier molecular flexibility index (Phi) is 12.0. The molecule has 0 saturated carbocycles. The Morgan fingerprint density at radius 2 is 2.05 bits per heavy atom. The highest BCUT2D eigenvalue weighted by Gasteiger charge is 2.27. The van der Waals surface area contributed by atoms with Crippen LogP contribution < -0.4 is 0 Å². The maximum atomic E-state index is 12.8. The first-order valence-electron chi connectivity index (χ1n) is 7.68. The lowest BCUT2D eigenvalue weighted by Crippen LogP contribution is -2.12. The van der Waals surface area contributed by atoms with E-state index in [1.54, 1.807) is 24.8 Å². The second kappa shape index (κ2) is 12.2. The van der Waals surface area contributed by atoms with Crippen LogP contribution in [0.4, 0.5) is 0 Å². The molecule has 5 nitrogen and oxygen atoms in total. The Bertz CT molecular complexity index is 395. The maximum absolute atomic E-state index is 12.8. The van der Waals surface area contributed by atoms with Gasteiger partial charge in [-0.2, -0.15) is 11.8 Å². The molecule has 0 rings (SSSR count). The van der Waals surface area contributed by atoms with Crippen molar-refractivity contribution in [2.75, 3.05) is 37.0 Å². The van der Waals surface area contributed by atoms with Crippen molar-refractivity contribution in [3.8, 4) is 0 Å². The third-order valence-electron chi connectivity index (χ3n) is 2.81. The second-order valence-electron chi connectivity index (χ2n) is 5.48. The lowest BCUT2D eigenvalue weighted by Gasteiger charge is -2.20. The number of thioether (sulfide) groups is 1. The zero-order valence-corrected chi connectivity index (χ0v) is 15.5. The fraction of sp³-hybridized carbons (Fsp3) is 0.800. The molecule has 2 N–H and O–H groups in total. The molecule has 0 saturated heterocycles. The molecule has 0 radical (unpaired) electrons. The van der Waals surface area contributed by atoms with Crippen LogP contribution in [0, 0.1) is 5.92 Å². The third kappa shape index (κ3) is 10.4. The molecule has 1 unspecified atom stereocenters. The largest absolute Gasteiger partial charge is 0.478 e. The lowest BCUT2D eigenvalue weighted by molar-refractivity contribution is -0.132. The minimum Gasteiger partial charge on any atom is -0.478 e. The molecule has 0 aromatic carbocycles. The predicted octanol–water partition coefficient (Wildman–Crippen LogP) is 3.47. The number of aliphatic hydroxyl groups is 1. The molecule has 22 heavy (non-hydrogen) atoms. The molecule has 130 valence electrons. The third-order valence-corrected chi connectivity index (χ3v) is 6.70. The topological polar surface area (TPSA) is 83.8 Å². The fourth-order valence-electron chi connectivity index (χ4n) is 2.06. The summed E-state index contributed by atoms with van der Waals surface area (Å²) in [5, 5.41) is 18.0. The highest BCUT2D eigenvalue weighted by atomic mass is 32.2. The molecule has 0 amide bonds. The molecular weight excluding hydrogens is 323 g/mol. The Morgan fingerprint density at radius 3 is 2.55 bits per heavy atom. The second-order valence-corrected chi connectivity index (χ2v) is 9.27. The number of allylic oxidation sites excluding steroid dienone is 1. The van der Waals surface area contributed by atoms with Gasteiger partial charge in [-0.3, -0.25) is 4.57 Å². The summed E-state index contributed by atoms with van der Waals surface area (Å²) in [6.45, 7) is 6.17. The summed E-state index contributed by atoms with van der Waals surface area (Å²) < 4.78 is 18.2. The van der Waals surface area contributed by atoms with E-state index in [4.69, 9.17) is 9.63 Å². The van der Waals surface area contributed by atoms with Crippen molar-refractivity contribution in [1.82, 2.24) is 0 Å². The zero-order valence-electron chi connectivity index (χ0n) is 13.8. The molecule has 7 heteroatoms. The molecule has 0 heterocycles. The monoisotopic (exact) mass is 352 g/mol. The van der Waals surface area contributed by atoms with Crippen LogP contribution in [-0.2, 0) is 13.9 Å². The van der Waals surface area contributed by atoms with Gasteiger partial charge in [0.15, 0.2) is 0 Å². The quantitative estimate of drug-likeness (QED) is 0.300. The number of carboxylic acids is 1. The number of carbonyl (C=O) groups is 1. The Morgan fingerprint density at radius 1 is 1.36 bits per heavy atom. The van der Waals surface area contributed by atoms with Gasteiger partial charge in [0.25, 0.3) is 0 Å². The van der Waals surface area contributed by atoms with Crippen molar-refractivity contribution in [3.63, 3.8) is 0 Å². The number of rotatable bonds is 13. The van der Waals surface area contributed by atoms with Crippen LogP contribution in [0.15, 0.2) is 11.6 Å². The average molecular weight is 352 g/mol. The van der Waals surface area contributed by atoms with Crippen LogP contribution in [0.3, 0.4) is 0 Å². The number of hydrogen-bond acceptors (Lipinski definition) is 5. The number of aliphatic carboxylic acids is 1. The summed E-state index contributed by atoms with van der Waals surface area (Å²) >= 11 is 1.64. The van der Waals surface area contributed by atoms with Crippen LogP contribution in [0.5, 0.6) is 0 Å². The zero-order chi connectivity index (χ0) is 17.0. The van der Waals surface area contributed by atoms with E-state index >= 15 is 0 Å². The van der Waals surface area contributed by atoms with Gasteiger partial charge in [-0.15, -0.1) is 0 Å². The molecule has 0 aliphatic heterocycles. The van der Waals surface area contributed by atoms with E-state index in [9.17, 15) is 14.5 Å². The number of aliphatic hydroxyl groups excluding tert-OH is 1. The highest BCUT2D eigenvalue weighted by Crippen LogP contribution is 2.50. The fourth-order valence-corrected chi connectivity index (χ4v) is 5.46. The smallest absolute Gasteiger partial charge is 0.331 e. The van der Waals surface area contributed by atoms with Gasteiger partial charge in [-0.25, -0.2) is 4.79 Å². The van der Waals surface area contributed by atoms with Crippen LogP contribution in [0.25, 0.3) is 0 Å². The molecule has 0 aliphatic rings. The summed E-state index contributed by atoms with van der Waals surface area (Å²) in [6.07, 6.45) is 3.53. The van der Waals surface area contributed by atoms with Gasteiger partial charge in [0, 0.05) is 17.5 Å². The van der Waals surface area contributed by atoms with Gasteiger partial charge in [0.1, 0.15) is 0 Å². The van der Waals surface area contributed by atoms with Crippen molar-refractivity contribution in [3.05, 3.63) is 11.6 Å². The Hall–Kier alpha value is -0.290. The van der Waals surface area contributed by atoms with Crippen molar-refractivity contribution in [2.24, 2.45) is 5.92 Å². The van der Waals surface area contributed by atoms with E-state index in [2.05, 4.69) is 0 Å². The van der Waals surface area contributed by atoms with E-state index in [1.807, 2.05) is 13.8 Å². The normalized spacial score (nSPS) is 15.0. The van der Waals surface area contributed by atoms with Gasteiger partial charge < -0.3 is 14.7 Å². The maximum Gasteiger partial charge on any atom is 0.331 e. The summed E-state index contributed by atoms with van der Waals surface area (Å²) in [5.41, 5.74) is 0.185. The molecule has 0 aliphatic carbocycles. The summed E-state index contributed by atoms with van der Waals surface area (Å²) in [7, 11) is -2.94. The van der Waals surface area contributed by atoms with Crippen LogP contribution in [0.1, 0.15) is 33.6 Å². The standard InChI is InChI=1S/C15H29O5PS/c1-4-20-21(19,11-13(2)3)12-14(15(17)18)7-5-6-9-22-10-8-16/h7,13,16H,4-6,8-12H2,1-3H3,(H,17,18)/b14-7+. The first-order chi connectivity index (χ1) is 10.3. The lowest BCUT2D eigenvalue weighted by atomic mass is 10.2. The Labute approximate surface area is 138 Å². The van der Waals surface area contributed by atoms with Gasteiger partial charge in [0.05, 0.1) is 19.4 Å². The number of carboxylic acid groups (broad SMARTS) is 1. The van der Waals surface area contributed by atoms with E-state index in [0.29, 0.717) is 24.9 Å². The van der Waals surface area contributed by atoms with Crippen molar-refractivity contribution in [2.45, 2.75) is 33.6 Å². The van der Waals surface area contributed by atoms with E-state index in [1.165, 1.54) is 0 Å². The van der Waals surface area contributed by atoms with Gasteiger partial charge in [-0.1, -0.05) is 19.9 Å². The van der Waals surface area contributed by atoms with Crippen molar-refractivity contribution < 1.29 is 24.1 Å². The SMILES string of the molecule is CCOP(=O)(C/C(=C\CCCSCCO)C(=O)O)CC(C)C. The van der Waals surface area contributed by atoms with E-state index in [-0.39, 0.29) is 24.3 Å². The minimum atomic E-state index is -2.94. The molecule has 0 aromatic rings. The van der Waals surface area contributed by atoms with Gasteiger partial charge >= 0.3 is 5.97 Å². The van der Waals surface area contributed by atoms with Gasteiger partial charge in [0.2, 0.25) is 7.37 Å². The van der Waals surface area contributed by atoms with Crippen LogP contribution in [0.2, 0.25) is 0 Å². The minimum absolute atomic E-state index is 0.00185. The van der Waals surface area contributed by atoms with Crippen LogP contribution in [-0.4, -0.2) is 53.2 Å². The predicted molar refractivity (Wildman–Crippen MR) is 93.2 cm³/mol. The van der Waals surface area contributed by atoms with Crippen molar-refractivity contribution in [1.29, 1.82) is 0 Å². The van der Waals surface area contributed by atoms with E-state index in [0.717, 1.165) is 12.2 Å². The number of unbranched alkanes of at least 4 members (excludes halogenated alkanes) is 1. The van der Waals surface area contributed by atoms with E-state index < -0.39 is 13.3 Å². The molecule has 1 atom stereocenters. The Balaban J connectivity index is 4.64. The molecule has 0 bridgehead atoms. The molecular formula is C15H29O5PS. The van der Waals surface area contributed by atoms with Crippen LogP contribution >= 0.6 is 19.1 Å². The number of hydrogen-bond donors (Lipinski definition) is 2. The summed E-state index contributed by atoms with van der Waals surface area (Å²) in [4.78, 5) is 11.4. The average Bonchev–Trinajstić information content (AvgIpc) is 2.40. The summed E-state index contributed by atoms with van der Waals surface area (Å²) in [6, 6.07) is 0. The van der Waals surface area contributed by atoms with Crippen molar-refractivity contribution >= 4 is 25.1 Å². The highest BCUT2D eigenvalue weighted by molar-refractivity contribution is 7.99.